The molecule has 4 nitrogen and oxygen atoms in total. The Bertz CT molecular complexity index is 146. The average molecular weight is 181 g/mol. The van der Waals surface area contributed by atoms with Crippen LogP contribution in [0.4, 0.5) is 0 Å². The van der Waals surface area contributed by atoms with Crippen molar-refractivity contribution in [1.82, 2.24) is 0 Å². The molecular weight excluding hydrogens is 168 g/mol. The zero-order valence-corrected chi connectivity index (χ0v) is 7.02. The fourth-order valence-electron chi connectivity index (χ4n) is 0.982. The van der Waals surface area contributed by atoms with E-state index in [0.717, 1.165) is 0 Å². The second-order valence-electron chi connectivity index (χ2n) is 2.63. The molecule has 0 atom stereocenters. The van der Waals surface area contributed by atoms with E-state index in [-0.39, 0.29) is 12.4 Å². The second-order valence-corrected chi connectivity index (χ2v) is 2.63. The van der Waals surface area contributed by atoms with Gasteiger partial charge < -0.3 is 16.2 Å². The number of primary amides is 1. The third kappa shape index (κ3) is 2.32. The minimum atomic E-state index is -0.807. The molecule has 1 saturated heterocycles. The summed E-state index contributed by atoms with van der Waals surface area (Å²) >= 11 is 0. The lowest BCUT2D eigenvalue weighted by Gasteiger charge is -2.29. The van der Waals surface area contributed by atoms with Crippen LogP contribution in [0.5, 0.6) is 0 Å². The summed E-state index contributed by atoms with van der Waals surface area (Å²) in [6.45, 7) is 1.08. The predicted octanol–water partition coefficient (Wildman–Crippen LogP) is -0.599. The van der Waals surface area contributed by atoms with Gasteiger partial charge >= 0.3 is 0 Å². The summed E-state index contributed by atoms with van der Waals surface area (Å²) in [5.41, 5.74) is 9.92. The fraction of sp³-hybridized carbons (Fsp3) is 0.833. The number of halogens is 1. The minimum Gasteiger partial charge on any atom is -0.381 e. The van der Waals surface area contributed by atoms with Crippen molar-refractivity contribution in [3.05, 3.63) is 0 Å². The van der Waals surface area contributed by atoms with Gasteiger partial charge in [-0.25, -0.2) is 0 Å². The van der Waals surface area contributed by atoms with E-state index >= 15 is 0 Å². The van der Waals surface area contributed by atoms with Crippen LogP contribution in [0.2, 0.25) is 0 Å². The number of amides is 1. The van der Waals surface area contributed by atoms with Crippen molar-refractivity contribution in [2.24, 2.45) is 11.5 Å². The first kappa shape index (κ1) is 10.7. The summed E-state index contributed by atoms with van der Waals surface area (Å²) in [4.78, 5) is 10.7. The zero-order valence-electron chi connectivity index (χ0n) is 6.21. The van der Waals surface area contributed by atoms with Crippen molar-refractivity contribution in [3.8, 4) is 0 Å². The Morgan fingerprint density at radius 2 is 1.82 bits per heavy atom. The van der Waals surface area contributed by atoms with Gasteiger partial charge in [-0.1, -0.05) is 0 Å². The van der Waals surface area contributed by atoms with E-state index in [1.54, 1.807) is 0 Å². The number of carbonyl (C=O) groups excluding carboxylic acids is 1. The van der Waals surface area contributed by atoms with Crippen molar-refractivity contribution < 1.29 is 9.53 Å². The van der Waals surface area contributed by atoms with Gasteiger partial charge in [-0.3, -0.25) is 4.79 Å². The molecular formula is C6H13ClN2O2. The Balaban J connectivity index is 0.000001000. The summed E-state index contributed by atoms with van der Waals surface area (Å²) in [5.74, 6) is -0.421. The largest absolute Gasteiger partial charge is 0.381 e. The number of carbonyl (C=O) groups is 1. The van der Waals surface area contributed by atoms with Crippen molar-refractivity contribution in [2.45, 2.75) is 18.4 Å². The van der Waals surface area contributed by atoms with Gasteiger partial charge in [0.2, 0.25) is 5.91 Å². The Morgan fingerprint density at radius 1 is 1.36 bits per heavy atom. The van der Waals surface area contributed by atoms with E-state index in [1.165, 1.54) is 0 Å². The van der Waals surface area contributed by atoms with E-state index < -0.39 is 11.4 Å². The Kier molecular flexibility index (Phi) is 3.78. The summed E-state index contributed by atoms with van der Waals surface area (Å²) in [6, 6.07) is 0. The van der Waals surface area contributed by atoms with E-state index in [4.69, 9.17) is 16.2 Å². The highest BCUT2D eigenvalue weighted by atomic mass is 35.5. The molecule has 1 aliphatic heterocycles. The van der Waals surface area contributed by atoms with Gasteiger partial charge in [0.1, 0.15) is 0 Å². The van der Waals surface area contributed by atoms with Gasteiger partial charge in [0, 0.05) is 13.2 Å². The monoisotopic (exact) mass is 180 g/mol. The molecule has 0 radical (unpaired) electrons. The number of hydrogen-bond donors (Lipinski definition) is 2. The molecule has 5 heteroatoms. The Hall–Kier alpha value is -0.320. The van der Waals surface area contributed by atoms with Gasteiger partial charge in [-0.05, 0) is 12.8 Å². The quantitative estimate of drug-likeness (QED) is 0.566. The van der Waals surface area contributed by atoms with Crippen molar-refractivity contribution in [3.63, 3.8) is 0 Å². The van der Waals surface area contributed by atoms with E-state index in [2.05, 4.69) is 0 Å². The third-order valence-corrected chi connectivity index (χ3v) is 1.88. The molecule has 0 aliphatic carbocycles. The first-order chi connectivity index (χ1) is 4.65. The molecule has 4 N–H and O–H groups in total. The molecule has 0 spiro atoms. The Morgan fingerprint density at radius 3 is 2.09 bits per heavy atom. The lowest BCUT2D eigenvalue weighted by atomic mass is 9.91. The van der Waals surface area contributed by atoms with Gasteiger partial charge in [0.25, 0.3) is 0 Å². The molecule has 1 amide bonds. The molecule has 0 aromatic carbocycles. The summed E-state index contributed by atoms with van der Waals surface area (Å²) in [7, 11) is 0. The van der Waals surface area contributed by atoms with Crippen LogP contribution in [-0.4, -0.2) is 24.7 Å². The van der Waals surface area contributed by atoms with Crippen LogP contribution in [-0.2, 0) is 9.53 Å². The van der Waals surface area contributed by atoms with E-state index in [0.29, 0.717) is 26.1 Å². The minimum absolute atomic E-state index is 0. The van der Waals surface area contributed by atoms with Crippen molar-refractivity contribution in [1.29, 1.82) is 0 Å². The van der Waals surface area contributed by atoms with Crippen LogP contribution in [0.25, 0.3) is 0 Å². The van der Waals surface area contributed by atoms with Crippen molar-refractivity contribution >= 4 is 18.3 Å². The maximum absolute atomic E-state index is 10.7. The lowest BCUT2D eigenvalue weighted by Crippen LogP contribution is -2.55. The van der Waals surface area contributed by atoms with Crippen LogP contribution in [0.1, 0.15) is 12.8 Å². The number of hydrogen-bond acceptors (Lipinski definition) is 3. The molecule has 1 fully saturated rings. The van der Waals surface area contributed by atoms with Gasteiger partial charge in [-0.2, -0.15) is 0 Å². The van der Waals surface area contributed by atoms with Crippen LogP contribution < -0.4 is 11.5 Å². The smallest absolute Gasteiger partial charge is 0.237 e. The van der Waals surface area contributed by atoms with Gasteiger partial charge in [0.05, 0.1) is 5.54 Å². The molecule has 0 aromatic heterocycles. The number of rotatable bonds is 1. The van der Waals surface area contributed by atoms with Crippen molar-refractivity contribution in [2.75, 3.05) is 13.2 Å². The molecule has 1 rings (SSSR count). The van der Waals surface area contributed by atoms with Crippen LogP contribution in [0.15, 0.2) is 0 Å². The first-order valence-electron chi connectivity index (χ1n) is 3.32. The fourth-order valence-corrected chi connectivity index (χ4v) is 0.982. The maximum Gasteiger partial charge on any atom is 0.237 e. The average Bonchev–Trinajstić information content (AvgIpc) is 1.89. The summed E-state index contributed by atoms with van der Waals surface area (Å²) < 4.78 is 5.03. The molecule has 0 saturated carbocycles. The van der Waals surface area contributed by atoms with Gasteiger partial charge in [0.15, 0.2) is 0 Å². The van der Waals surface area contributed by atoms with Crippen LogP contribution in [0, 0.1) is 0 Å². The second kappa shape index (κ2) is 3.90. The van der Waals surface area contributed by atoms with E-state index in [9.17, 15) is 4.79 Å². The SMILES string of the molecule is Cl.NC(=O)C1(N)CCOCC1. The number of nitrogens with two attached hydrogens (primary N) is 2. The molecule has 0 aromatic rings. The Labute approximate surface area is 71.7 Å². The molecule has 0 unspecified atom stereocenters. The summed E-state index contributed by atoms with van der Waals surface area (Å²) in [5, 5.41) is 0. The zero-order chi connectivity index (χ0) is 7.61. The third-order valence-electron chi connectivity index (χ3n) is 1.88. The van der Waals surface area contributed by atoms with E-state index in [1.807, 2.05) is 0 Å². The lowest BCUT2D eigenvalue weighted by molar-refractivity contribution is -0.126. The highest BCUT2D eigenvalue weighted by Crippen LogP contribution is 2.16. The molecule has 1 heterocycles. The molecule has 66 valence electrons. The first-order valence-corrected chi connectivity index (χ1v) is 3.32. The maximum atomic E-state index is 10.7. The summed E-state index contributed by atoms with van der Waals surface area (Å²) in [6.07, 6.45) is 1.09. The highest BCUT2D eigenvalue weighted by Gasteiger charge is 2.33. The normalized spacial score (nSPS) is 21.9. The van der Waals surface area contributed by atoms with Gasteiger partial charge in [-0.15, -0.1) is 12.4 Å². The molecule has 0 bridgehead atoms. The standard InChI is InChI=1S/C6H12N2O2.ClH/c7-5(9)6(8)1-3-10-4-2-6;/h1-4,8H2,(H2,7,9);1H. The predicted molar refractivity (Wildman–Crippen MR) is 43.4 cm³/mol. The molecule has 11 heavy (non-hydrogen) atoms. The molecule has 1 aliphatic rings. The van der Waals surface area contributed by atoms with Crippen LogP contribution >= 0.6 is 12.4 Å². The highest BCUT2D eigenvalue weighted by molar-refractivity contribution is 5.85. The van der Waals surface area contributed by atoms with Crippen LogP contribution in [0.3, 0.4) is 0 Å². The topological polar surface area (TPSA) is 78.3 Å². The number of ether oxygens (including phenoxy) is 1.